The average molecular weight is 380 g/mol. The molecule has 3 aliphatic rings. The summed E-state index contributed by atoms with van der Waals surface area (Å²) >= 11 is 0. The van der Waals surface area contributed by atoms with Crippen LogP contribution in [-0.2, 0) is 4.74 Å². The van der Waals surface area contributed by atoms with E-state index in [-0.39, 0.29) is 12.2 Å². The molecule has 0 amide bonds. The molecule has 0 aromatic heterocycles. The van der Waals surface area contributed by atoms with Crippen molar-refractivity contribution in [2.75, 3.05) is 27.3 Å². The van der Waals surface area contributed by atoms with Crippen molar-refractivity contribution in [3.63, 3.8) is 0 Å². The van der Waals surface area contributed by atoms with Crippen LogP contribution in [0.25, 0.3) is 0 Å². The van der Waals surface area contributed by atoms with E-state index in [4.69, 9.17) is 14.2 Å². The zero-order valence-electron chi connectivity index (χ0n) is 16.8. The van der Waals surface area contributed by atoms with Crippen LogP contribution in [0.1, 0.15) is 54.5 Å². The maximum atomic E-state index is 6.77. The van der Waals surface area contributed by atoms with Gasteiger partial charge in [0.25, 0.3) is 0 Å². The molecule has 4 nitrogen and oxygen atoms in total. The van der Waals surface area contributed by atoms with Crippen molar-refractivity contribution < 1.29 is 14.2 Å². The summed E-state index contributed by atoms with van der Waals surface area (Å²) in [7, 11) is 3.42. The Labute approximate surface area is 167 Å². The van der Waals surface area contributed by atoms with Gasteiger partial charge >= 0.3 is 0 Å². The first-order valence-electron chi connectivity index (χ1n) is 10.5. The molecular weight excluding hydrogens is 350 g/mol. The Morgan fingerprint density at radius 1 is 0.964 bits per heavy atom. The van der Waals surface area contributed by atoms with Gasteiger partial charge in [0.15, 0.2) is 11.5 Å². The highest BCUT2D eigenvalue weighted by atomic mass is 16.5. The van der Waals surface area contributed by atoms with Gasteiger partial charge in [-0.25, -0.2) is 0 Å². The summed E-state index contributed by atoms with van der Waals surface area (Å²) in [5, 5.41) is 0. The number of ether oxygens (including phenoxy) is 3. The molecule has 0 N–H and O–H groups in total. The molecule has 5 rings (SSSR count). The standard InChI is InChI=1S/C24H29NO3/c1-26-21-13-18-19(14-22(21)27-2)24(17-7-4-3-5-8-17)28-20-9-6-12-25(23(18)20)15-16-10-11-16/h3-5,7-8,13-14,16,20,23-24H,6,9-12,15H2,1-2H3/t20-,23-,24?/m1/s1. The fourth-order valence-corrected chi connectivity index (χ4v) is 4.93. The van der Waals surface area contributed by atoms with Gasteiger partial charge in [0.05, 0.1) is 26.4 Å². The molecule has 0 radical (unpaired) electrons. The molecular formula is C24H29NO3. The first kappa shape index (κ1) is 18.0. The van der Waals surface area contributed by atoms with E-state index >= 15 is 0 Å². The lowest BCUT2D eigenvalue weighted by Gasteiger charge is -2.47. The van der Waals surface area contributed by atoms with Crippen molar-refractivity contribution in [3.8, 4) is 11.5 Å². The predicted molar refractivity (Wildman–Crippen MR) is 109 cm³/mol. The Kier molecular flexibility index (Phi) is 4.77. The fraction of sp³-hybridized carbons (Fsp3) is 0.500. The molecule has 1 saturated carbocycles. The molecule has 0 spiro atoms. The van der Waals surface area contributed by atoms with Crippen LogP contribution >= 0.6 is 0 Å². The van der Waals surface area contributed by atoms with E-state index in [9.17, 15) is 0 Å². The summed E-state index contributed by atoms with van der Waals surface area (Å²) in [6, 6.07) is 15.2. The van der Waals surface area contributed by atoms with Crippen molar-refractivity contribution in [2.24, 2.45) is 5.92 Å². The zero-order valence-corrected chi connectivity index (χ0v) is 16.8. The molecule has 3 atom stereocenters. The van der Waals surface area contributed by atoms with Gasteiger partial charge in [-0.05, 0) is 67.0 Å². The van der Waals surface area contributed by atoms with Crippen LogP contribution in [0.2, 0.25) is 0 Å². The number of benzene rings is 2. The van der Waals surface area contributed by atoms with Gasteiger partial charge in [-0.2, -0.15) is 0 Å². The van der Waals surface area contributed by atoms with Gasteiger partial charge in [-0.3, -0.25) is 4.90 Å². The Balaban J connectivity index is 1.62. The normalized spacial score (nSPS) is 27.0. The lowest BCUT2D eigenvalue weighted by atomic mass is 9.82. The average Bonchev–Trinajstić information content (AvgIpc) is 3.56. The second-order valence-corrected chi connectivity index (χ2v) is 8.33. The molecule has 2 heterocycles. The van der Waals surface area contributed by atoms with Gasteiger partial charge in [-0.15, -0.1) is 0 Å². The lowest BCUT2D eigenvalue weighted by Crippen LogP contribution is -2.47. The summed E-state index contributed by atoms with van der Waals surface area (Å²) in [4.78, 5) is 2.66. The molecule has 2 aromatic carbocycles. The molecule has 2 fully saturated rings. The van der Waals surface area contributed by atoms with Crippen LogP contribution in [0, 0.1) is 5.92 Å². The van der Waals surface area contributed by atoms with Gasteiger partial charge in [0.2, 0.25) is 0 Å². The number of nitrogens with zero attached hydrogens (tertiary/aromatic N) is 1. The molecule has 1 saturated heterocycles. The van der Waals surface area contributed by atoms with Crippen molar-refractivity contribution in [1.82, 2.24) is 4.90 Å². The number of fused-ring (bicyclic) bond motifs is 3. The second kappa shape index (κ2) is 7.41. The Morgan fingerprint density at radius 2 is 1.68 bits per heavy atom. The summed E-state index contributed by atoms with van der Waals surface area (Å²) in [6.07, 6.45) is 5.24. The van der Waals surface area contributed by atoms with Crippen LogP contribution in [0.5, 0.6) is 11.5 Å². The molecule has 0 bridgehead atoms. The van der Waals surface area contributed by atoms with E-state index in [2.05, 4.69) is 47.4 Å². The Bertz CT molecular complexity index is 833. The van der Waals surface area contributed by atoms with Gasteiger partial charge in [0, 0.05) is 6.54 Å². The Hall–Kier alpha value is -2.04. The maximum absolute atomic E-state index is 6.77. The van der Waals surface area contributed by atoms with E-state index < -0.39 is 0 Å². The summed E-state index contributed by atoms with van der Waals surface area (Å²) in [5.41, 5.74) is 3.77. The summed E-state index contributed by atoms with van der Waals surface area (Å²) < 4.78 is 18.1. The van der Waals surface area contributed by atoms with E-state index in [1.165, 1.54) is 42.5 Å². The first-order valence-corrected chi connectivity index (χ1v) is 10.5. The van der Waals surface area contributed by atoms with E-state index in [0.29, 0.717) is 6.04 Å². The number of likely N-dealkylation sites (tertiary alicyclic amines) is 1. The molecule has 28 heavy (non-hydrogen) atoms. The molecule has 1 aliphatic carbocycles. The second-order valence-electron chi connectivity index (χ2n) is 8.33. The summed E-state index contributed by atoms with van der Waals surface area (Å²) in [6.45, 7) is 2.35. The van der Waals surface area contributed by atoms with Crippen molar-refractivity contribution in [1.29, 1.82) is 0 Å². The third-order valence-corrected chi connectivity index (χ3v) is 6.47. The maximum Gasteiger partial charge on any atom is 0.161 e. The number of hydrogen-bond donors (Lipinski definition) is 0. The number of rotatable bonds is 5. The van der Waals surface area contributed by atoms with Gasteiger partial charge in [0.1, 0.15) is 6.10 Å². The number of hydrogen-bond acceptors (Lipinski definition) is 4. The van der Waals surface area contributed by atoms with Crippen LogP contribution in [0.3, 0.4) is 0 Å². The highest BCUT2D eigenvalue weighted by Gasteiger charge is 2.43. The van der Waals surface area contributed by atoms with E-state index in [0.717, 1.165) is 30.4 Å². The zero-order chi connectivity index (χ0) is 19.1. The third-order valence-electron chi connectivity index (χ3n) is 6.47. The minimum atomic E-state index is -0.0573. The molecule has 148 valence electrons. The topological polar surface area (TPSA) is 30.9 Å². The first-order chi connectivity index (χ1) is 13.8. The van der Waals surface area contributed by atoms with Crippen LogP contribution in [-0.4, -0.2) is 38.3 Å². The van der Waals surface area contributed by atoms with Gasteiger partial charge in [-0.1, -0.05) is 30.3 Å². The monoisotopic (exact) mass is 379 g/mol. The van der Waals surface area contributed by atoms with E-state index in [1.807, 2.05) is 0 Å². The largest absolute Gasteiger partial charge is 0.493 e. The molecule has 2 aromatic rings. The van der Waals surface area contributed by atoms with Crippen molar-refractivity contribution >= 4 is 0 Å². The third kappa shape index (κ3) is 3.19. The predicted octanol–water partition coefficient (Wildman–Crippen LogP) is 4.74. The van der Waals surface area contributed by atoms with Crippen LogP contribution in [0.15, 0.2) is 42.5 Å². The Morgan fingerprint density at radius 3 is 2.36 bits per heavy atom. The SMILES string of the molecule is COc1cc2c(cc1OC)[C@@H]1[C@@H](CCCN1CC1CC1)OC2c1ccccc1. The minimum Gasteiger partial charge on any atom is -0.493 e. The summed E-state index contributed by atoms with van der Waals surface area (Å²) in [5.74, 6) is 2.45. The van der Waals surface area contributed by atoms with E-state index in [1.54, 1.807) is 14.2 Å². The van der Waals surface area contributed by atoms with Crippen LogP contribution in [0.4, 0.5) is 0 Å². The molecule has 2 aliphatic heterocycles. The smallest absolute Gasteiger partial charge is 0.161 e. The molecule has 4 heteroatoms. The highest BCUT2D eigenvalue weighted by molar-refractivity contribution is 5.52. The molecule has 1 unspecified atom stereocenters. The van der Waals surface area contributed by atoms with Crippen molar-refractivity contribution in [2.45, 2.75) is 43.9 Å². The van der Waals surface area contributed by atoms with Crippen LogP contribution < -0.4 is 9.47 Å². The quantitative estimate of drug-likeness (QED) is 0.751. The number of piperidine rings is 1. The number of methoxy groups -OCH3 is 2. The van der Waals surface area contributed by atoms with Crippen molar-refractivity contribution in [3.05, 3.63) is 59.2 Å². The lowest BCUT2D eigenvalue weighted by molar-refractivity contribution is -0.0868. The van der Waals surface area contributed by atoms with Gasteiger partial charge < -0.3 is 14.2 Å². The minimum absolute atomic E-state index is 0.0573. The fourth-order valence-electron chi connectivity index (χ4n) is 4.93. The highest BCUT2D eigenvalue weighted by Crippen LogP contribution is 2.49.